The average molecular weight is 256 g/mol. The van der Waals surface area contributed by atoms with Crippen molar-refractivity contribution in [1.29, 1.82) is 0 Å². The molecular formula is C15H20N4. The van der Waals surface area contributed by atoms with Gasteiger partial charge >= 0.3 is 0 Å². The molecule has 2 heterocycles. The molecule has 1 aliphatic heterocycles. The van der Waals surface area contributed by atoms with E-state index in [1.54, 1.807) is 6.33 Å². The quantitative estimate of drug-likeness (QED) is 0.879. The molecule has 1 aromatic carbocycles. The largest absolute Gasteiger partial charge is 0.370 e. The summed E-state index contributed by atoms with van der Waals surface area (Å²) in [7, 11) is 0. The lowest BCUT2D eigenvalue weighted by atomic mass is 10.0. The number of anilines is 1. The highest BCUT2D eigenvalue weighted by atomic mass is 15.2. The highest BCUT2D eigenvalue weighted by Crippen LogP contribution is 2.17. The minimum absolute atomic E-state index is 0.468. The van der Waals surface area contributed by atoms with Gasteiger partial charge in [-0.15, -0.1) is 0 Å². The van der Waals surface area contributed by atoms with E-state index in [1.807, 2.05) is 0 Å². The van der Waals surface area contributed by atoms with Gasteiger partial charge in [0, 0.05) is 37.8 Å². The summed E-state index contributed by atoms with van der Waals surface area (Å²) < 4.78 is 0. The van der Waals surface area contributed by atoms with Crippen LogP contribution in [0, 0.1) is 0 Å². The number of benzene rings is 1. The van der Waals surface area contributed by atoms with Crippen LogP contribution >= 0.6 is 0 Å². The van der Waals surface area contributed by atoms with Gasteiger partial charge < -0.3 is 15.2 Å². The number of hydrogen-bond acceptors (Lipinski definition) is 3. The topological polar surface area (TPSA) is 44.0 Å². The van der Waals surface area contributed by atoms with E-state index in [0.717, 1.165) is 26.1 Å². The second-order valence-corrected chi connectivity index (χ2v) is 4.98. The minimum Gasteiger partial charge on any atom is -0.370 e. The Morgan fingerprint density at radius 3 is 2.95 bits per heavy atom. The number of nitrogens with zero attached hydrogens (tertiary/aromatic N) is 2. The summed E-state index contributed by atoms with van der Waals surface area (Å²) in [6.45, 7) is 5.14. The smallest absolute Gasteiger partial charge is 0.0925 e. The molecule has 0 saturated heterocycles. The lowest BCUT2D eigenvalue weighted by Crippen LogP contribution is -2.44. The van der Waals surface area contributed by atoms with Crippen LogP contribution in [-0.4, -0.2) is 29.1 Å². The Morgan fingerprint density at radius 2 is 2.16 bits per heavy atom. The SMILES string of the molecule is CCN(CC1Cc2nc[nH]c2CN1)c1ccccc1. The molecule has 0 radical (unpaired) electrons. The van der Waals surface area contributed by atoms with Crippen molar-refractivity contribution < 1.29 is 0 Å². The molecule has 4 nitrogen and oxygen atoms in total. The number of aromatic nitrogens is 2. The lowest BCUT2D eigenvalue weighted by Gasteiger charge is -2.31. The third-order valence-corrected chi connectivity index (χ3v) is 3.76. The van der Waals surface area contributed by atoms with E-state index in [4.69, 9.17) is 0 Å². The van der Waals surface area contributed by atoms with Gasteiger partial charge in [-0.3, -0.25) is 0 Å². The molecule has 1 aromatic heterocycles. The number of aromatic amines is 1. The van der Waals surface area contributed by atoms with Crippen molar-refractivity contribution in [2.75, 3.05) is 18.0 Å². The first-order valence-corrected chi connectivity index (χ1v) is 6.91. The van der Waals surface area contributed by atoms with Crippen LogP contribution in [0.25, 0.3) is 0 Å². The van der Waals surface area contributed by atoms with Crippen molar-refractivity contribution in [3.8, 4) is 0 Å². The minimum atomic E-state index is 0.468. The summed E-state index contributed by atoms with van der Waals surface area (Å²) in [5.41, 5.74) is 3.74. The number of hydrogen-bond donors (Lipinski definition) is 2. The number of rotatable bonds is 4. The Labute approximate surface area is 113 Å². The molecule has 1 aliphatic rings. The number of nitrogens with one attached hydrogen (secondary N) is 2. The summed E-state index contributed by atoms with van der Waals surface area (Å²) in [6.07, 6.45) is 2.80. The monoisotopic (exact) mass is 256 g/mol. The number of fused-ring (bicyclic) bond motifs is 1. The van der Waals surface area contributed by atoms with Crippen LogP contribution in [0.3, 0.4) is 0 Å². The van der Waals surface area contributed by atoms with E-state index in [0.29, 0.717) is 6.04 Å². The highest BCUT2D eigenvalue weighted by molar-refractivity contribution is 5.46. The molecule has 4 heteroatoms. The number of likely N-dealkylation sites (N-methyl/N-ethyl adjacent to an activating group) is 1. The molecule has 1 unspecified atom stereocenters. The molecule has 0 bridgehead atoms. The Morgan fingerprint density at radius 1 is 1.32 bits per heavy atom. The van der Waals surface area contributed by atoms with Crippen LogP contribution in [0.5, 0.6) is 0 Å². The normalized spacial score (nSPS) is 18.1. The van der Waals surface area contributed by atoms with Crippen LogP contribution in [0.2, 0.25) is 0 Å². The molecule has 1 atom stereocenters. The van der Waals surface area contributed by atoms with Crippen molar-refractivity contribution in [3.05, 3.63) is 48.0 Å². The zero-order chi connectivity index (χ0) is 13.1. The zero-order valence-corrected chi connectivity index (χ0v) is 11.3. The molecule has 3 rings (SSSR count). The Balaban J connectivity index is 1.68. The Bertz CT molecular complexity index is 520. The fourth-order valence-electron chi connectivity index (χ4n) is 2.68. The predicted octanol–water partition coefficient (Wildman–Crippen LogP) is 1.95. The van der Waals surface area contributed by atoms with E-state index in [2.05, 4.69) is 57.4 Å². The summed E-state index contributed by atoms with van der Waals surface area (Å²) in [6, 6.07) is 11.1. The highest BCUT2D eigenvalue weighted by Gasteiger charge is 2.21. The van der Waals surface area contributed by atoms with E-state index < -0.39 is 0 Å². The summed E-state index contributed by atoms with van der Waals surface area (Å²) in [5.74, 6) is 0. The van der Waals surface area contributed by atoms with Gasteiger partial charge in [0.2, 0.25) is 0 Å². The van der Waals surface area contributed by atoms with E-state index in [1.165, 1.54) is 17.1 Å². The van der Waals surface area contributed by atoms with Crippen LogP contribution in [-0.2, 0) is 13.0 Å². The van der Waals surface area contributed by atoms with E-state index in [9.17, 15) is 0 Å². The van der Waals surface area contributed by atoms with E-state index >= 15 is 0 Å². The molecule has 0 spiro atoms. The first kappa shape index (κ1) is 12.2. The third kappa shape index (κ3) is 2.63. The second-order valence-electron chi connectivity index (χ2n) is 4.98. The average Bonchev–Trinajstić information content (AvgIpc) is 2.93. The van der Waals surface area contributed by atoms with Gasteiger partial charge in [-0.2, -0.15) is 0 Å². The maximum Gasteiger partial charge on any atom is 0.0925 e. The van der Waals surface area contributed by atoms with Gasteiger partial charge in [0.05, 0.1) is 17.7 Å². The molecule has 0 aliphatic carbocycles. The van der Waals surface area contributed by atoms with Crippen LogP contribution in [0.15, 0.2) is 36.7 Å². The first-order chi connectivity index (χ1) is 9.36. The third-order valence-electron chi connectivity index (χ3n) is 3.76. The van der Waals surface area contributed by atoms with Gasteiger partial charge in [-0.25, -0.2) is 4.98 Å². The second kappa shape index (κ2) is 5.45. The van der Waals surface area contributed by atoms with E-state index in [-0.39, 0.29) is 0 Å². The van der Waals surface area contributed by atoms with Gasteiger partial charge in [0.15, 0.2) is 0 Å². The Kier molecular flexibility index (Phi) is 3.51. The van der Waals surface area contributed by atoms with Crippen molar-refractivity contribution >= 4 is 5.69 Å². The summed E-state index contributed by atoms with van der Waals surface area (Å²) in [5, 5.41) is 3.58. The predicted molar refractivity (Wildman–Crippen MR) is 77.2 cm³/mol. The fourth-order valence-corrected chi connectivity index (χ4v) is 2.68. The van der Waals surface area contributed by atoms with Gasteiger partial charge in [0.1, 0.15) is 0 Å². The van der Waals surface area contributed by atoms with Gasteiger partial charge in [-0.1, -0.05) is 18.2 Å². The molecule has 0 saturated carbocycles. The first-order valence-electron chi connectivity index (χ1n) is 6.91. The van der Waals surface area contributed by atoms with Gasteiger partial charge in [-0.05, 0) is 19.1 Å². The molecule has 2 aromatic rings. The number of imidazole rings is 1. The fraction of sp³-hybridized carbons (Fsp3) is 0.400. The van der Waals surface area contributed by atoms with Crippen LogP contribution < -0.4 is 10.2 Å². The van der Waals surface area contributed by atoms with Crippen molar-refractivity contribution in [1.82, 2.24) is 15.3 Å². The van der Waals surface area contributed by atoms with Crippen LogP contribution in [0.4, 0.5) is 5.69 Å². The van der Waals surface area contributed by atoms with Crippen molar-refractivity contribution in [2.45, 2.75) is 25.9 Å². The molecule has 2 N–H and O–H groups in total. The zero-order valence-electron chi connectivity index (χ0n) is 11.3. The number of para-hydroxylation sites is 1. The molecular weight excluding hydrogens is 236 g/mol. The standard InChI is InChI=1S/C15H20N4/c1-2-19(13-6-4-3-5-7-13)10-12-8-14-15(9-16-12)18-11-17-14/h3-7,11-12,16H,2,8-10H2,1H3,(H,17,18). The maximum absolute atomic E-state index is 4.40. The van der Waals surface area contributed by atoms with Gasteiger partial charge in [0.25, 0.3) is 0 Å². The molecule has 0 amide bonds. The van der Waals surface area contributed by atoms with Crippen molar-refractivity contribution in [2.24, 2.45) is 0 Å². The lowest BCUT2D eigenvalue weighted by molar-refractivity contribution is 0.466. The maximum atomic E-state index is 4.40. The van der Waals surface area contributed by atoms with Crippen LogP contribution in [0.1, 0.15) is 18.3 Å². The summed E-state index contributed by atoms with van der Waals surface area (Å²) >= 11 is 0. The summed E-state index contributed by atoms with van der Waals surface area (Å²) in [4.78, 5) is 10.0. The Hall–Kier alpha value is -1.81. The van der Waals surface area contributed by atoms with Crippen molar-refractivity contribution in [3.63, 3.8) is 0 Å². The molecule has 100 valence electrons. The number of H-pyrrole nitrogens is 1. The molecule has 0 fully saturated rings. The molecule has 19 heavy (non-hydrogen) atoms.